The van der Waals surface area contributed by atoms with Crippen LogP contribution in [0.4, 0.5) is 4.48 Å². The molecule has 3 heteroatoms. The predicted molar refractivity (Wildman–Crippen MR) is 53.5 cm³/mol. The Hall–Kier alpha value is -0.600. The highest BCUT2D eigenvalue weighted by Gasteiger charge is 2.00. The zero-order chi connectivity index (χ0) is 9.52. The highest BCUT2D eigenvalue weighted by molar-refractivity contribution is 6.18. The third-order valence-electron chi connectivity index (χ3n) is 1.81. The molecule has 0 N–H and O–H groups in total. The Balaban J connectivity index is 2.27. The summed E-state index contributed by atoms with van der Waals surface area (Å²) in [5.74, 6) is 0.339. The number of benzene rings is 1. The van der Waals surface area contributed by atoms with E-state index >= 15 is 0 Å². The summed E-state index contributed by atoms with van der Waals surface area (Å²) in [6, 6.07) is 9.86. The number of rotatable bonds is 5. The van der Waals surface area contributed by atoms with Crippen LogP contribution in [0.2, 0.25) is 0 Å². The Bertz CT molecular complexity index is 228. The molecule has 1 aromatic carbocycles. The largest absolute Gasteiger partial charge is 0.145 e. The third kappa shape index (κ3) is 4.25. The molecule has 0 radical (unpaired) electrons. The smallest absolute Gasteiger partial charge is 0.0426 e. The molecule has 0 saturated heterocycles. The number of nitrogens with zero attached hydrogens (tertiary/aromatic N) is 1. The summed E-state index contributed by atoms with van der Waals surface area (Å²) in [6.07, 6.45) is 0.730. The Morgan fingerprint density at radius 1 is 1.15 bits per heavy atom. The normalized spacial score (nSPS) is 10.7. The SMILES string of the molecule is FN(CCCl)CCc1ccccc1. The van der Waals surface area contributed by atoms with Gasteiger partial charge in [0.25, 0.3) is 0 Å². The van der Waals surface area contributed by atoms with Crippen LogP contribution in [-0.2, 0) is 6.42 Å². The van der Waals surface area contributed by atoms with Crippen molar-refractivity contribution in [1.29, 1.82) is 0 Å². The fourth-order valence-corrected chi connectivity index (χ4v) is 1.28. The number of hydrogen-bond acceptors (Lipinski definition) is 1. The van der Waals surface area contributed by atoms with Crippen molar-refractivity contribution in [2.45, 2.75) is 6.42 Å². The summed E-state index contributed by atoms with van der Waals surface area (Å²) in [6.45, 7) is 0.713. The van der Waals surface area contributed by atoms with E-state index in [1.807, 2.05) is 30.3 Å². The van der Waals surface area contributed by atoms with Gasteiger partial charge in [-0.3, -0.25) is 0 Å². The van der Waals surface area contributed by atoms with E-state index in [1.165, 1.54) is 0 Å². The van der Waals surface area contributed by atoms with Crippen molar-refractivity contribution in [1.82, 2.24) is 5.12 Å². The summed E-state index contributed by atoms with van der Waals surface area (Å²) < 4.78 is 12.8. The minimum Gasteiger partial charge on any atom is -0.145 e. The van der Waals surface area contributed by atoms with Gasteiger partial charge in [-0.2, -0.15) is 0 Å². The van der Waals surface area contributed by atoms with Crippen molar-refractivity contribution in [3.05, 3.63) is 35.9 Å². The number of hydrogen-bond donors (Lipinski definition) is 0. The van der Waals surface area contributed by atoms with Gasteiger partial charge in [0, 0.05) is 19.0 Å². The molecule has 1 nitrogen and oxygen atoms in total. The van der Waals surface area contributed by atoms with Crippen molar-refractivity contribution in [3.8, 4) is 0 Å². The number of alkyl halides is 1. The van der Waals surface area contributed by atoms with Crippen LogP contribution in [0.5, 0.6) is 0 Å². The van der Waals surface area contributed by atoms with E-state index in [9.17, 15) is 4.48 Å². The Kier molecular flexibility index (Phi) is 4.79. The first-order valence-electron chi connectivity index (χ1n) is 4.33. The highest BCUT2D eigenvalue weighted by Crippen LogP contribution is 2.01. The second-order valence-electron chi connectivity index (χ2n) is 2.83. The molecule has 0 aliphatic heterocycles. The van der Waals surface area contributed by atoms with Crippen molar-refractivity contribution in [2.24, 2.45) is 0 Å². The van der Waals surface area contributed by atoms with Gasteiger partial charge in [0.2, 0.25) is 0 Å². The van der Waals surface area contributed by atoms with Gasteiger partial charge in [-0.05, 0) is 12.0 Å². The zero-order valence-corrected chi connectivity index (χ0v) is 8.17. The topological polar surface area (TPSA) is 3.24 Å². The fourth-order valence-electron chi connectivity index (χ4n) is 1.10. The van der Waals surface area contributed by atoms with Crippen molar-refractivity contribution in [3.63, 3.8) is 0 Å². The molecule has 0 unspecified atom stereocenters. The molecule has 0 bridgehead atoms. The monoisotopic (exact) mass is 201 g/mol. The first-order chi connectivity index (χ1) is 6.33. The van der Waals surface area contributed by atoms with Crippen LogP contribution >= 0.6 is 11.6 Å². The van der Waals surface area contributed by atoms with E-state index in [4.69, 9.17) is 11.6 Å². The molecule has 0 aliphatic rings. The van der Waals surface area contributed by atoms with E-state index in [2.05, 4.69) is 0 Å². The Labute approximate surface area is 83.1 Å². The van der Waals surface area contributed by atoms with E-state index in [0.29, 0.717) is 19.0 Å². The molecule has 0 amide bonds. The molecule has 0 spiro atoms. The quantitative estimate of drug-likeness (QED) is 0.523. The van der Waals surface area contributed by atoms with Crippen LogP contribution in [0.3, 0.4) is 0 Å². The van der Waals surface area contributed by atoms with Crippen molar-refractivity contribution < 1.29 is 4.48 Å². The molecule has 13 heavy (non-hydrogen) atoms. The van der Waals surface area contributed by atoms with E-state index in [0.717, 1.165) is 17.1 Å². The minimum absolute atomic E-state index is 0.300. The fraction of sp³-hybridized carbons (Fsp3) is 0.400. The second-order valence-corrected chi connectivity index (χ2v) is 3.21. The molecule has 0 atom stereocenters. The highest BCUT2D eigenvalue weighted by atomic mass is 35.5. The summed E-state index contributed by atoms with van der Waals surface area (Å²) in [4.78, 5) is 0. The molecule has 0 aliphatic carbocycles. The maximum absolute atomic E-state index is 12.8. The van der Waals surface area contributed by atoms with Crippen molar-refractivity contribution in [2.75, 3.05) is 19.0 Å². The molecular weight excluding hydrogens is 189 g/mol. The van der Waals surface area contributed by atoms with E-state index in [-0.39, 0.29) is 0 Å². The molecule has 0 saturated carbocycles. The van der Waals surface area contributed by atoms with Crippen LogP contribution in [-0.4, -0.2) is 24.1 Å². The first kappa shape index (κ1) is 10.5. The molecule has 1 rings (SSSR count). The average Bonchev–Trinajstić information content (AvgIpc) is 2.17. The molecule has 0 aromatic heterocycles. The molecule has 1 aromatic rings. The summed E-state index contributed by atoms with van der Waals surface area (Å²) in [7, 11) is 0. The maximum Gasteiger partial charge on any atom is 0.0426 e. The molecule has 0 fully saturated rings. The zero-order valence-electron chi connectivity index (χ0n) is 7.42. The standard InChI is InChI=1S/C10H13ClFN/c11-7-9-13(12)8-6-10-4-2-1-3-5-10/h1-5H,6-9H2. The first-order valence-corrected chi connectivity index (χ1v) is 4.87. The summed E-state index contributed by atoms with van der Waals surface area (Å²) in [5.41, 5.74) is 1.15. The summed E-state index contributed by atoms with van der Waals surface area (Å²) >= 11 is 5.40. The molecule has 0 heterocycles. The third-order valence-corrected chi connectivity index (χ3v) is 1.98. The van der Waals surface area contributed by atoms with Crippen LogP contribution in [0.1, 0.15) is 5.56 Å². The van der Waals surface area contributed by atoms with Gasteiger partial charge in [-0.1, -0.05) is 30.3 Å². The van der Waals surface area contributed by atoms with Gasteiger partial charge >= 0.3 is 0 Å². The lowest BCUT2D eigenvalue weighted by molar-refractivity contribution is 0.0345. The lowest BCUT2D eigenvalue weighted by atomic mass is 10.1. The Morgan fingerprint density at radius 2 is 1.85 bits per heavy atom. The second kappa shape index (κ2) is 5.95. The van der Waals surface area contributed by atoms with Crippen LogP contribution in [0.25, 0.3) is 0 Å². The van der Waals surface area contributed by atoms with Gasteiger partial charge in [0.15, 0.2) is 0 Å². The lowest BCUT2D eigenvalue weighted by Crippen LogP contribution is -2.18. The van der Waals surface area contributed by atoms with Crippen LogP contribution in [0.15, 0.2) is 30.3 Å². The predicted octanol–water partition coefficient (Wildman–Crippen LogP) is 2.65. The minimum atomic E-state index is 0.300. The van der Waals surface area contributed by atoms with Gasteiger partial charge in [0.05, 0.1) is 0 Å². The maximum atomic E-state index is 12.8. The number of halogens is 2. The Morgan fingerprint density at radius 3 is 2.46 bits per heavy atom. The van der Waals surface area contributed by atoms with E-state index < -0.39 is 0 Å². The van der Waals surface area contributed by atoms with Gasteiger partial charge in [-0.25, -0.2) is 0 Å². The van der Waals surface area contributed by atoms with E-state index in [1.54, 1.807) is 0 Å². The van der Waals surface area contributed by atoms with Crippen molar-refractivity contribution >= 4 is 11.6 Å². The van der Waals surface area contributed by atoms with Gasteiger partial charge in [0.1, 0.15) is 0 Å². The van der Waals surface area contributed by atoms with Gasteiger partial charge < -0.3 is 0 Å². The average molecular weight is 202 g/mol. The van der Waals surface area contributed by atoms with Gasteiger partial charge in [-0.15, -0.1) is 21.2 Å². The molecular formula is C10H13ClFN. The lowest BCUT2D eigenvalue weighted by Gasteiger charge is -2.09. The molecule has 72 valence electrons. The van der Waals surface area contributed by atoms with Crippen LogP contribution < -0.4 is 0 Å². The summed E-state index contributed by atoms with van der Waals surface area (Å²) in [5, 5.41) is 0.750. The van der Waals surface area contributed by atoms with Crippen LogP contribution in [0, 0.1) is 0 Å².